The molecule has 2 aromatic carbocycles. The number of hydrogen-bond donors (Lipinski definition) is 1. The van der Waals surface area contributed by atoms with Crippen molar-refractivity contribution in [3.05, 3.63) is 64.8 Å². The van der Waals surface area contributed by atoms with Crippen LogP contribution in [0.5, 0.6) is 11.5 Å². The fourth-order valence-electron chi connectivity index (χ4n) is 1.70. The first-order chi connectivity index (χ1) is 10.7. The highest BCUT2D eigenvalue weighted by atomic mass is 127. The molecule has 0 fully saturated rings. The molecule has 0 aliphatic carbocycles. The lowest BCUT2D eigenvalue weighted by Gasteiger charge is -2.09. The lowest BCUT2D eigenvalue weighted by molar-refractivity contribution is -0.118. The van der Waals surface area contributed by atoms with E-state index in [4.69, 9.17) is 9.47 Å². The average Bonchev–Trinajstić information content (AvgIpc) is 2.53. The van der Waals surface area contributed by atoms with E-state index in [9.17, 15) is 4.79 Å². The normalized spacial score (nSPS) is 9.86. The third-order valence-corrected chi connectivity index (χ3v) is 3.39. The molecule has 2 rings (SSSR count). The van der Waals surface area contributed by atoms with Crippen LogP contribution in [0, 0.1) is 3.57 Å². The lowest BCUT2D eigenvalue weighted by atomic mass is 10.3. The van der Waals surface area contributed by atoms with E-state index in [1.807, 2.05) is 36.4 Å². The first-order valence-corrected chi connectivity index (χ1v) is 7.77. The van der Waals surface area contributed by atoms with Crippen LogP contribution in [-0.4, -0.2) is 19.1 Å². The molecule has 114 valence electrons. The second-order valence-corrected chi connectivity index (χ2v) is 5.66. The van der Waals surface area contributed by atoms with Gasteiger partial charge in [-0.05, 0) is 59.0 Å². The Morgan fingerprint density at radius 1 is 1.14 bits per heavy atom. The summed E-state index contributed by atoms with van der Waals surface area (Å²) in [5.74, 6) is 1.12. The summed E-state index contributed by atoms with van der Waals surface area (Å²) < 4.78 is 12.0. The molecular formula is C17H16INO3. The van der Waals surface area contributed by atoms with Crippen molar-refractivity contribution in [3.8, 4) is 11.5 Å². The van der Waals surface area contributed by atoms with Crippen molar-refractivity contribution >= 4 is 34.2 Å². The molecule has 1 amide bonds. The van der Waals surface area contributed by atoms with Crippen LogP contribution in [0.25, 0.3) is 0 Å². The summed E-state index contributed by atoms with van der Waals surface area (Å²) in [6, 6.07) is 14.7. The van der Waals surface area contributed by atoms with Gasteiger partial charge in [0.2, 0.25) is 0 Å². The number of carbonyl (C=O) groups is 1. The highest BCUT2D eigenvalue weighted by Crippen LogP contribution is 2.17. The van der Waals surface area contributed by atoms with Crippen LogP contribution in [0.1, 0.15) is 0 Å². The number of benzene rings is 2. The average molecular weight is 409 g/mol. The maximum atomic E-state index is 11.9. The third kappa shape index (κ3) is 5.40. The second kappa shape index (κ2) is 8.43. The van der Waals surface area contributed by atoms with Gasteiger partial charge in [0.1, 0.15) is 18.1 Å². The van der Waals surface area contributed by atoms with Gasteiger partial charge in [-0.2, -0.15) is 0 Å². The Hall–Kier alpha value is -2.02. The predicted octanol–water partition coefficient (Wildman–Crippen LogP) is 3.87. The fraction of sp³-hybridized carbons (Fsp3) is 0.118. The minimum atomic E-state index is -0.223. The zero-order valence-electron chi connectivity index (χ0n) is 11.9. The number of halogens is 1. The van der Waals surface area contributed by atoms with E-state index in [-0.39, 0.29) is 12.5 Å². The molecule has 1 N–H and O–H groups in total. The molecule has 0 radical (unpaired) electrons. The van der Waals surface area contributed by atoms with Crippen molar-refractivity contribution < 1.29 is 14.3 Å². The van der Waals surface area contributed by atoms with Gasteiger partial charge in [-0.15, -0.1) is 0 Å². The van der Waals surface area contributed by atoms with Gasteiger partial charge in [-0.1, -0.05) is 18.7 Å². The molecule has 5 heteroatoms. The van der Waals surface area contributed by atoms with Crippen molar-refractivity contribution in [1.82, 2.24) is 0 Å². The summed E-state index contributed by atoms with van der Waals surface area (Å²) in [6.45, 7) is 3.97. The molecular weight excluding hydrogens is 393 g/mol. The van der Waals surface area contributed by atoms with Crippen LogP contribution in [0.15, 0.2) is 61.2 Å². The summed E-state index contributed by atoms with van der Waals surface area (Å²) >= 11 is 2.21. The van der Waals surface area contributed by atoms with Crippen LogP contribution < -0.4 is 14.8 Å². The van der Waals surface area contributed by atoms with Gasteiger partial charge in [0.05, 0.1) is 0 Å². The molecule has 4 nitrogen and oxygen atoms in total. The monoisotopic (exact) mass is 409 g/mol. The summed E-state index contributed by atoms with van der Waals surface area (Å²) in [7, 11) is 0. The first-order valence-electron chi connectivity index (χ1n) is 6.69. The predicted molar refractivity (Wildman–Crippen MR) is 95.4 cm³/mol. The largest absolute Gasteiger partial charge is 0.489 e. The van der Waals surface area contributed by atoms with Gasteiger partial charge < -0.3 is 14.8 Å². The smallest absolute Gasteiger partial charge is 0.262 e. The van der Waals surface area contributed by atoms with Gasteiger partial charge in [-0.3, -0.25) is 4.79 Å². The molecule has 2 aromatic rings. The molecule has 0 atom stereocenters. The number of carbonyl (C=O) groups excluding carboxylic acids is 1. The van der Waals surface area contributed by atoms with Crippen molar-refractivity contribution in [2.45, 2.75) is 0 Å². The highest BCUT2D eigenvalue weighted by molar-refractivity contribution is 14.1. The van der Waals surface area contributed by atoms with Crippen LogP contribution in [0.4, 0.5) is 5.69 Å². The molecule has 0 aromatic heterocycles. The molecule has 0 bridgehead atoms. The molecule has 0 spiro atoms. The first kappa shape index (κ1) is 16.4. The number of anilines is 1. The molecule has 0 unspecified atom stereocenters. The van der Waals surface area contributed by atoms with E-state index in [0.29, 0.717) is 23.8 Å². The fourth-order valence-corrected chi connectivity index (χ4v) is 2.06. The van der Waals surface area contributed by atoms with E-state index < -0.39 is 0 Å². The SMILES string of the molecule is C=CCOc1cccc(NC(=O)COc2ccc(I)cc2)c1. The van der Waals surface area contributed by atoms with E-state index in [1.165, 1.54) is 0 Å². The molecule has 22 heavy (non-hydrogen) atoms. The van der Waals surface area contributed by atoms with Crippen LogP contribution in [0.3, 0.4) is 0 Å². The minimum absolute atomic E-state index is 0.0433. The van der Waals surface area contributed by atoms with Crippen molar-refractivity contribution in [3.63, 3.8) is 0 Å². The number of amides is 1. The van der Waals surface area contributed by atoms with Crippen molar-refractivity contribution in [1.29, 1.82) is 0 Å². The molecule has 0 saturated heterocycles. The Labute approximate surface area is 143 Å². The van der Waals surface area contributed by atoms with E-state index in [1.54, 1.807) is 18.2 Å². The van der Waals surface area contributed by atoms with Crippen LogP contribution in [0.2, 0.25) is 0 Å². The molecule has 0 aliphatic rings. The van der Waals surface area contributed by atoms with Gasteiger partial charge in [-0.25, -0.2) is 0 Å². The van der Waals surface area contributed by atoms with Gasteiger partial charge in [0.25, 0.3) is 5.91 Å². The maximum absolute atomic E-state index is 11.9. The Morgan fingerprint density at radius 3 is 2.64 bits per heavy atom. The zero-order chi connectivity index (χ0) is 15.8. The summed E-state index contributed by atoms with van der Waals surface area (Å²) in [4.78, 5) is 11.9. The second-order valence-electron chi connectivity index (χ2n) is 4.42. The number of ether oxygens (including phenoxy) is 2. The van der Waals surface area contributed by atoms with E-state index in [0.717, 1.165) is 3.57 Å². The Kier molecular flexibility index (Phi) is 6.27. The van der Waals surface area contributed by atoms with E-state index in [2.05, 4.69) is 34.5 Å². The molecule has 0 heterocycles. The van der Waals surface area contributed by atoms with Gasteiger partial charge in [0.15, 0.2) is 6.61 Å². The Balaban J connectivity index is 1.86. The van der Waals surface area contributed by atoms with E-state index >= 15 is 0 Å². The third-order valence-electron chi connectivity index (χ3n) is 2.67. The van der Waals surface area contributed by atoms with Crippen LogP contribution >= 0.6 is 22.6 Å². The van der Waals surface area contributed by atoms with Gasteiger partial charge in [0, 0.05) is 15.3 Å². The quantitative estimate of drug-likeness (QED) is 0.558. The summed E-state index contributed by atoms with van der Waals surface area (Å²) in [6.07, 6.45) is 1.67. The summed E-state index contributed by atoms with van der Waals surface area (Å²) in [5, 5.41) is 2.77. The molecule has 0 saturated carbocycles. The van der Waals surface area contributed by atoms with Crippen molar-refractivity contribution in [2.75, 3.05) is 18.5 Å². The van der Waals surface area contributed by atoms with Gasteiger partial charge >= 0.3 is 0 Å². The summed E-state index contributed by atoms with van der Waals surface area (Å²) in [5.41, 5.74) is 0.665. The topological polar surface area (TPSA) is 47.6 Å². The minimum Gasteiger partial charge on any atom is -0.489 e. The number of hydrogen-bond acceptors (Lipinski definition) is 3. The standard InChI is InChI=1S/C17H16INO3/c1-2-10-21-16-5-3-4-14(11-16)19-17(20)12-22-15-8-6-13(18)7-9-15/h2-9,11H,1,10,12H2,(H,19,20). The Morgan fingerprint density at radius 2 is 1.91 bits per heavy atom. The van der Waals surface area contributed by atoms with Crippen molar-refractivity contribution in [2.24, 2.45) is 0 Å². The number of nitrogens with one attached hydrogen (secondary N) is 1. The highest BCUT2D eigenvalue weighted by Gasteiger charge is 2.05. The maximum Gasteiger partial charge on any atom is 0.262 e. The zero-order valence-corrected chi connectivity index (χ0v) is 14.1. The number of rotatable bonds is 7. The molecule has 0 aliphatic heterocycles. The van der Waals surface area contributed by atoms with Crippen LogP contribution in [-0.2, 0) is 4.79 Å². The lowest BCUT2D eigenvalue weighted by Crippen LogP contribution is -2.20. The Bertz CT molecular complexity index is 641.